The van der Waals surface area contributed by atoms with Crippen LogP contribution in [0.15, 0.2) is 17.4 Å². The SMILES string of the molecule is C#CCn1cnc2c(c1=O)COC=C2CC. The Labute approximate surface area is 93.6 Å². The number of terminal acetylenes is 1. The van der Waals surface area contributed by atoms with Gasteiger partial charge in [0.25, 0.3) is 5.56 Å². The molecule has 0 aliphatic carbocycles. The smallest absolute Gasteiger partial charge is 0.261 e. The minimum atomic E-state index is -0.109. The van der Waals surface area contributed by atoms with E-state index in [-0.39, 0.29) is 18.7 Å². The maximum absolute atomic E-state index is 12.0. The summed E-state index contributed by atoms with van der Waals surface area (Å²) in [7, 11) is 0. The second kappa shape index (κ2) is 4.23. The van der Waals surface area contributed by atoms with Gasteiger partial charge in [0.15, 0.2) is 0 Å². The van der Waals surface area contributed by atoms with E-state index in [9.17, 15) is 4.79 Å². The third-order valence-electron chi connectivity index (χ3n) is 2.53. The summed E-state index contributed by atoms with van der Waals surface area (Å²) in [5, 5.41) is 0. The van der Waals surface area contributed by atoms with E-state index in [0.29, 0.717) is 5.56 Å². The average molecular weight is 216 g/mol. The van der Waals surface area contributed by atoms with Crippen molar-refractivity contribution in [2.75, 3.05) is 0 Å². The first-order valence-corrected chi connectivity index (χ1v) is 5.10. The van der Waals surface area contributed by atoms with Crippen LogP contribution in [0.1, 0.15) is 24.6 Å². The topological polar surface area (TPSA) is 44.1 Å². The van der Waals surface area contributed by atoms with Crippen LogP contribution in [-0.4, -0.2) is 9.55 Å². The average Bonchev–Trinajstić information content (AvgIpc) is 2.32. The Bertz CT molecular complexity index is 535. The molecule has 1 aromatic heterocycles. The monoisotopic (exact) mass is 216 g/mol. The van der Waals surface area contributed by atoms with E-state index in [1.807, 2.05) is 6.92 Å². The summed E-state index contributed by atoms with van der Waals surface area (Å²) in [5.74, 6) is 2.42. The number of aromatic nitrogens is 2. The first kappa shape index (κ1) is 10.5. The fourth-order valence-electron chi connectivity index (χ4n) is 1.68. The van der Waals surface area contributed by atoms with E-state index >= 15 is 0 Å². The summed E-state index contributed by atoms with van der Waals surface area (Å²) in [5.41, 5.74) is 2.18. The van der Waals surface area contributed by atoms with Crippen molar-refractivity contribution >= 4 is 5.57 Å². The molecule has 1 aliphatic heterocycles. The molecule has 1 aliphatic rings. The molecule has 0 amide bonds. The number of hydrogen-bond acceptors (Lipinski definition) is 3. The molecule has 0 radical (unpaired) electrons. The molecule has 4 heteroatoms. The molecule has 4 nitrogen and oxygen atoms in total. The Hall–Kier alpha value is -2.02. The molecule has 0 saturated heterocycles. The molecule has 82 valence electrons. The number of fused-ring (bicyclic) bond motifs is 1. The van der Waals surface area contributed by atoms with Gasteiger partial charge in [0.05, 0.1) is 30.4 Å². The fraction of sp³-hybridized carbons (Fsp3) is 0.333. The van der Waals surface area contributed by atoms with Crippen molar-refractivity contribution < 1.29 is 4.74 Å². The first-order valence-electron chi connectivity index (χ1n) is 5.10. The van der Waals surface area contributed by atoms with Crippen molar-refractivity contribution in [1.82, 2.24) is 9.55 Å². The summed E-state index contributed by atoms with van der Waals surface area (Å²) in [4.78, 5) is 16.3. The molecule has 0 saturated carbocycles. The van der Waals surface area contributed by atoms with Crippen molar-refractivity contribution in [2.24, 2.45) is 0 Å². The highest BCUT2D eigenvalue weighted by Crippen LogP contribution is 2.22. The fourth-order valence-corrected chi connectivity index (χ4v) is 1.68. The molecule has 0 unspecified atom stereocenters. The Balaban J connectivity index is 2.56. The predicted octanol–water partition coefficient (Wildman–Crippen LogP) is 1.16. The van der Waals surface area contributed by atoms with Crippen LogP contribution in [-0.2, 0) is 17.9 Å². The molecule has 0 fully saturated rings. The van der Waals surface area contributed by atoms with Gasteiger partial charge in [0.1, 0.15) is 6.61 Å². The lowest BCUT2D eigenvalue weighted by Crippen LogP contribution is -2.27. The largest absolute Gasteiger partial charge is 0.496 e. The van der Waals surface area contributed by atoms with E-state index in [4.69, 9.17) is 11.2 Å². The summed E-state index contributed by atoms with van der Waals surface area (Å²) in [6, 6.07) is 0. The van der Waals surface area contributed by atoms with Gasteiger partial charge in [-0.05, 0) is 6.42 Å². The molecule has 1 aromatic rings. The number of allylic oxidation sites excluding steroid dienone is 1. The molecular formula is C12H12N2O2. The second-order valence-corrected chi connectivity index (χ2v) is 3.52. The van der Waals surface area contributed by atoms with Gasteiger partial charge >= 0.3 is 0 Å². The Morgan fingerprint density at radius 3 is 3.19 bits per heavy atom. The van der Waals surface area contributed by atoms with Crippen molar-refractivity contribution in [3.8, 4) is 12.3 Å². The Kier molecular flexibility index (Phi) is 2.78. The standard InChI is InChI=1S/C12H12N2O2/c1-3-5-14-8-13-11-9(4-2)6-16-7-10(11)12(14)15/h1,6,8H,4-5,7H2,2H3. The lowest BCUT2D eigenvalue weighted by Gasteiger charge is -2.16. The van der Waals surface area contributed by atoms with Gasteiger partial charge < -0.3 is 4.74 Å². The number of ether oxygens (including phenoxy) is 1. The first-order chi connectivity index (χ1) is 7.77. The second-order valence-electron chi connectivity index (χ2n) is 3.52. The third-order valence-corrected chi connectivity index (χ3v) is 2.53. The lowest BCUT2D eigenvalue weighted by molar-refractivity contribution is 0.229. The third kappa shape index (κ3) is 1.61. The molecule has 16 heavy (non-hydrogen) atoms. The van der Waals surface area contributed by atoms with Gasteiger partial charge in [0.2, 0.25) is 0 Å². The normalized spacial score (nSPS) is 13.4. The van der Waals surface area contributed by atoms with Gasteiger partial charge in [-0.15, -0.1) is 6.42 Å². The zero-order chi connectivity index (χ0) is 11.5. The molecule has 0 spiro atoms. The van der Waals surface area contributed by atoms with Crippen molar-refractivity contribution in [2.45, 2.75) is 26.5 Å². The maximum Gasteiger partial charge on any atom is 0.261 e. The number of hydrogen-bond donors (Lipinski definition) is 0. The Morgan fingerprint density at radius 2 is 2.50 bits per heavy atom. The van der Waals surface area contributed by atoms with E-state index in [2.05, 4.69) is 10.9 Å². The van der Waals surface area contributed by atoms with E-state index in [1.54, 1.807) is 6.26 Å². The molecule has 2 heterocycles. The van der Waals surface area contributed by atoms with Gasteiger partial charge in [-0.3, -0.25) is 9.36 Å². The summed E-state index contributed by atoms with van der Waals surface area (Å²) < 4.78 is 6.66. The quantitative estimate of drug-likeness (QED) is 0.697. The van der Waals surface area contributed by atoms with Crippen molar-refractivity contribution in [1.29, 1.82) is 0 Å². The van der Waals surface area contributed by atoms with Crippen LogP contribution in [0, 0.1) is 12.3 Å². The van der Waals surface area contributed by atoms with Crippen LogP contribution >= 0.6 is 0 Å². The highest BCUT2D eigenvalue weighted by atomic mass is 16.5. The van der Waals surface area contributed by atoms with E-state index < -0.39 is 0 Å². The van der Waals surface area contributed by atoms with Crippen LogP contribution in [0.5, 0.6) is 0 Å². The van der Waals surface area contributed by atoms with Crippen LogP contribution in [0.3, 0.4) is 0 Å². The number of rotatable bonds is 2. The summed E-state index contributed by atoms with van der Waals surface area (Å²) in [6.45, 7) is 2.51. The van der Waals surface area contributed by atoms with Gasteiger partial charge in [-0.25, -0.2) is 4.98 Å². The van der Waals surface area contributed by atoms with Crippen molar-refractivity contribution in [3.05, 3.63) is 34.2 Å². The van der Waals surface area contributed by atoms with Gasteiger partial charge in [-0.1, -0.05) is 12.8 Å². The highest BCUT2D eigenvalue weighted by molar-refractivity contribution is 5.64. The predicted molar refractivity (Wildman–Crippen MR) is 60.4 cm³/mol. The molecule has 0 atom stereocenters. The van der Waals surface area contributed by atoms with E-state index in [1.165, 1.54) is 10.9 Å². The van der Waals surface area contributed by atoms with Crippen LogP contribution in [0.2, 0.25) is 0 Å². The number of nitrogens with zero attached hydrogens (tertiary/aromatic N) is 2. The van der Waals surface area contributed by atoms with Crippen LogP contribution in [0.25, 0.3) is 5.57 Å². The molecule has 0 bridgehead atoms. The van der Waals surface area contributed by atoms with E-state index in [0.717, 1.165) is 17.7 Å². The Morgan fingerprint density at radius 1 is 1.69 bits per heavy atom. The van der Waals surface area contributed by atoms with Gasteiger partial charge in [-0.2, -0.15) is 0 Å². The molecule has 0 aromatic carbocycles. The zero-order valence-electron chi connectivity index (χ0n) is 9.06. The lowest BCUT2D eigenvalue weighted by atomic mass is 10.1. The summed E-state index contributed by atoms with van der Waals surface area (Å²) in [6.07, 6.45) is 9.13. The maximum atomic E-state index is 12.0. The zero-order valence-corrected chi connectivity index (χ0v) is 9.06. The van der Waals surface area contributed by atoms with Crippen LogP contribution < -0.4 is 5.56 Å². The van der Waals surface area contributed by atoms with Crippen LogP contribution in [0.4, 0.5) is 0 Å². The molecular weight excluding hydrogens is 204 g/mol. The highest BCUT2D eigenvalue weighted by Gasteiger charge is 2.18. The summed E-state index contributed by atoms with van der Waals surface area (Å²) >= 11 is 0. The molecule has 2 rings (SSSR count). The van der Waals surface area contributed by atoms with Gasteiger partial charge in [0, 0.05) is 5.57 Å². The van der Waals surface area contributed by atoms with Crippen molar-refractivity contribution in [3.63, 3.8) is 0 Å². The molecule has 0 N–H and O–H groups in total. The minimum Gasteiger partial charge on any atom is -0.496 e. The minimum absolute atomic E-state index is 0.109.